The summed E-state index contributed by atoms with van der Waals surface area (Å²) in [4.78, 5) is 0. The van der Waals surface area contributed by atoms with E-state index in [9.17, 15) is 22.0 Å². The number of halogens is 5. The molecule has 1 N–H and O–H groups in total. The van der Waals surface area contributed by atoms with Gasteiger partial charge in [-0.1, -0.05) is 49.7 Å². The molecular weight excluding hydrogens is 375 g/mol. The summed E-state index contributed by atoms with van der Waals surface area (Å²) in [5.41, 5.74) is 0.361. The minimum Gasteiger partial charge on any atom is -0.332 e. The van der Waals surface area contributed by atoms with Gasteiger partial charge in [-0.05, 0) is 46.9 Å². The van der Waals surface area contributed by atoms with Crippen molar-refractivity contribution in [2.45, 2.75) is 25.9 Å². The summed E-state index contributed by atoms with van der Waals surface area (Å²) in [7, 11) is 0. The summed E-state index contributed by atoms with van der Waals surface area (Å²) >= 11 is 0. The summed E-state index contributed by atoms with van der Waals surface area (Å²) in [6, 6.07) is 12.9. The fourth-order valence-corrected chi connectivity index (χ4v) is 3.10. The van der Waals surface area contributed by atoms with Gasteiger partial charge in [-0.25, -0.2) is 13.2 Å². The van der Waals surface area contributed by atoms with Crippen LogP contribution in [0.1, 0.15) is 24.5 Å². The summed E-state index contributed by atoms with van der Waals surface area (Å²) in [5.74, 6) is -4.06. The lowest BCUT2D eigenvalue weighted by atomic mass is 9.97. The topological polar surface area (TPSA) is 20.2 Å². The molecule has 0 fully saturated rings. The third-order valence-electron chi connectivity index (χ3n) is 4.45. The van der Waals surface area contributed by atoms with Crippen LogP contribution in [0.15, 0.2) is 54.6 Å². The van der Waals surface area contributed by atoms with Crippen molar-refractivity contribution in [2.75, 3.05) is 0 Å². The first kappa shape index (κ1) is 20.0. The van der Waals surface area contributed by atoms with Gasteiger partial charge in [-0.15, -0.1) is 0 Å². The van der Waals surface area contributed by atoms with Gasteiger partial charge in [0.15, 0.2) is 0 Å². The van der Waals surface area contributed by atoms with Gasteiger partial charge in [0, 0.05) is 5.56 Å². The molecule has 0 aromatic heterocycles. The number of hydrogen-bond donors (Lipinski definition) is 1. The van der Waals surface area contributed by atoms with E-state index in [0.717, 1.165) is 24.0 Å². The van der Waals surface area contributed by atoms with Crippen LogP contribution in [0.4, 0.5) is 22.0 Å². The van der Waals surface area contributed by atoms with Crippen LogP contribution in [-0.2, 0) is 12.5 Å². The van der Waals surface area contributed by atoms with E-state index in [1.807, 2.05) is 24.3 Å². The molecule has 0 amide bonds. The average molecular weight is 392 g/mol. The van der Waals surface area contributed by atoms with Crippen molar-refractivity contribution in [1.29, 1.82) is 0 Å². The van der Waals surface area contributed by atoms with Crippen molar-refractivity contribution in [3.63, 3.8) is 0 Å². The van der Waals surface area contributed by atoms with E-state index >= 15 is 0 Å². The standard InChI is InChI=1S/C22H17F5O/c1-2-3-13-4-6-14(7-5-13)15-8-9-17(18(23)10-15)16-11-19(24)21(20(25)12-16)22(26,27)28/h4-12,28H,2-3H2,1H3. The Kier molecular flexibility index (Phi) is 5.52. The molecule has 0 atom stereocenters. The van der Waals surface area contributed by atoms with Gasteiger partial charge in [0.2, 0.25) is 0 Å². The highest BCUT2D eigenvalue weighted by atomic mass is 19.3. The van der Waals surface area contributed by atoms with Crippen molar-refractivity contribution in [2.24, 2.45) is 0 Å². The van der Waals surface area contributed by atoms with Crippen LogP contribution in [0.2, 0.25) is 0 Å². The lowest BCUT2D eigenvalue weighted by Crippen LogP contribution is -2.16. The third-order valence-corrected chi connectivity index (χ3v) is 4.45. The number of aliphatic hydroxyl groups is 1. The Labute approximate surface area is 159 Å². The van der Waals surface area contributed by atoms with E-state index in [-0.39, 0.29) is 11.1 Å². The SMILES string of the molecule is CCCc1ccc(-c2ccc(-c3cc(F)c(C(O)(F)F)c(F)c3)c(F)c2)cc1. The lowest BCUT2D eigenvalue weighted by molar-refractivity contribution is -0.212. The Balaban J connectivity index is 1.97. The number of alkyl halides is 2. The van der Waals surface area contributed by atoms with Crippen LogP contribution < -0.4 is 0 Å². The molecule has 0 unspecified atom stereocenters. The van der Waals surface area contributed by atoms with Crippen LogP contribution in [0.25, 0.3) is 22.3 Å². The summed E-state index contributed by atoms with van der Waals surface area (Å²) in [6.45, 7) is 2.07. The number of rotatable bonds is 5. The fourth-order valence-electron chi connectivity index (χ4n) is 3.10. The Bertz CT molecular complexity index is 968. The molecule has 0 aliphatic carbocycles. The molecule has 0 radical (unpaired) electrons. The van der Waals surface area contributed by atoms with Crippen LogP contribution in [-0.4, -0.2) is 5.11 Å². The van der Waals surface area contributed by atoms with Crippen molar-refractivity contribution in [3.8, 4) is 22.3 Å². The first-order chi connectivity index (χ1) is 13.2. The smallest absolute Gasteiger partial charge is 0.332 e. The highest BCUT2D eigenvalue weighted by Crippen LogP contribution is 2.34. The molecule has 0 saturated heterocycles. The zero-order valence-electron chi connectivity index (χ0n) is 14.9. The van der Waals surface area contributed by atoms with Crippen LogP contribution in [0.3, 0.4) is 0 Å². The van der Waals surface area contributed by atoms with Gasteiger partial charge in [0.25, 0.3) is 0 Å². The molecule has 3 aromatic rings. The second-order valence-electron chi connectivity index (χ2n) is 6.50. The minimum atomic E-state index is -4.67. The molecule has 0 heterocycles. The molecular formula is C22H17F5O. The van der Waals surface area contributed by atoms with Crippen molar-refractivity contribution in [3.05, 3.63) is 83.2 Å². The van der Waals surface area contributed by atoms with E-state index in [2.05, 4.69) is 6.92 Å². The predicted octanol–water partition coefficient (Wildman–Crippen LogP) is 6.43. The van der Waals surface area contributed by atoms with E-state index in [0.29, 0.717) is 17.7 Å². The highest BCUT2D eigenvalue weighted by Gasteiger charge is 2.35. The summed E-state index contributed by atoms with van der Waals surface area (Å²) < 4.78 is 68.1. The Morgan fingerprint density at radius 2 is 1.29 bits per heavy atom. The lowest BCUT2D eigenvalue weighted by Gasteiger charge is -2.13. The molecule has 3 rings (SSSR count). The molecule has 0 aliphatic rings. The van der Waals surface area contributed by atoms with Crippen LogP contribution in [0, 0.1) is 17.5 Å². The fraction of sp³-hybridized carbons (Fsp3) is 0.182. The van der Waals surface area contributed by atoms with E-state index in [4.69, 9.17) is 5.11 Å². The molecule has 0 saturated carbocycles. The van der Waals surface area contributed by atoms with Crippen LogP contribution >= 0.6 is 0 Å². The second-order valence-corrected chi connectivity index (χ2v) is 6.50. The Morgan fingerprint density at radius 3 is 1.79 bits per heavy atom. The van der Waals surface area contributed by atoms with Gasteiger partial charge in [0.05, 0.1) is 0 Å². The van der Waals surface area contributed by atoms with Gasteiger partial charge >= 0.3 is 6.11 Å². The monoisotopic (exact) mass is 392 g/mol. The maximum atomic E-state index is 14.6. The van der Waals surface area contributed by atoms with E-state index in [1.54, 1.807) is 6.07 Å². The maximum absolute atomic E-state index is 14.6. The average Bonchev–Trinajstić information content (AvgIpc) is 2.60. The Morgan fingerprint density at radius 1 is 0.750 bits per heavy atom. The molecule has 0 spiro atoms. The predicted molar refractivity (Wildman–Crippen MR) is 97.3 cm³/mol. The quantitative estimate of drug-likeness (QED) is 0.496. The first-order valence-corrected chi connectivity index (χ1v) is 8.69. The van der Waals surface area contributed by atoms with Gasteiger partial charge in [0.1, 0.15) is 23.0 Å². The summed E-state index contributed by atoms with van der Waals surface area (Å²) in [6.07, 6.45) is -2.72. The zero-order chi connectivity index (χ0) is 20.5. The largest absolute Gasteiger partial charge is 0.386 e. The first-order valence-electron chi connectivity index (χ1n) is 8.69. The third kappa shape index (κ3) is 4.07. The molecule has 1 nitrogen and oxygen atoms in total. The van der Waals surface area contributed by atoms with Gasteiger partial charge in [-0.2, -0.15) is 8.78 Å². The zero-order valence-corrected chi connectivity index (χ0v) is 14.9. The van der Waals surface area contributed by atoms with E-state index < -0.39 is 29.1 Å². The van der Waals surface area contributed by atoms with Gasteiger partial charge in [-0.3, -0.25) is 0 Å². The normalized spacial score (nSPS) is 11.7. The molecule has 0 aliphatic heterocycles. The van der Waals surface area contributed by atoms with Gasteiger partial charge < -0.3 is 5.11 Å². The van der Waals surface area contributed by atoms with E-state index in [1.165, 1.54) is 12.1 Å². The van der Waals surface area contributed by atoms with Crippen molar-refractivity contribution < 1.29 is 27.1 Å². The number of benzene rings is 3. The number of aryl methyl sites for hydroxylation is 1. The Hall–Kier alpha value is -2.73. The van der Waals surface area contributed by atoms with Crippen molar-refractivity contribution in [1.82, 2.24) is 0 Å². The summed E-state index contributed by atoms with van der Waals surface area (Å²) in [5, 5.41) is 8.59. The second kappa shape index (κ2) is 7.72. The molecule has 3 aromatic carbocycles. The molecule has 0 bridgehead atoms. The highest BCUT2D eigenvalue weighted by molar-refractivity contribution is 5.71. The molecule has 28 heavy (non-hydrogen) atoms. The molecule has 6 heteroatoms. The minimum absolute atomic E-state index is 0.142. The van der Waals surface area contributed by atoms with Crippen LogP contribution in [0.5, 0.6) is 0 Å². The van der Waals surface area contributed by atoms with Crippen molar-refractivity contribution >= 4 is 0 Å². The number of hydrogen-bond acceptors (Lipinski definition) is 1. The maximum Gasteiger partial charge on any atom is 0.386 e. The molecule has 146 valence electrons.